The maximum absolute atomic E-state index is 12.3. The number of halogens is 1. The maximum Gasteiger partial charge on any atom is 0.217 e. The summed E-state index contributed by atoms with van der Waals surface area (Å²) in [7, 11) is 5.09. The van der Waals surface area contributed by atoms with Gasteiger partial charge in [-0.3, -0.25) is 5.43 Å². The van der Waals surface area contributed by atoms with Crippen LogP contribution >= 0.6 is 0 Å². The van der Waals surface area contributed by atoms with Crippen LogP contribution in [0.1, 0.15) is 0 Å². The molecule has 0 atom stereocenters. The van der Waals surface area contributed by atoms with Crippen molar-refractivity contribution >= 4 is 0 Å². The van der Waals surface area contributed by atoms with E-state index in [1.54, 1.807) is 26.0 Å². The minimum atomic E-state index is -0.400. The van der Waals surface area contributed by atoms with E-state index in [0.717, 1.165) is 0 Å². The summed E-state index contributed by atoms with van der Waals surface area (Å²) >= 11 is 0. The number of rotatable bonds is 3. The van der Waals surface area contributed by atoms with Crippen molar-refractivity contribution in [3.05, 3.63) is 12.2 Å². The van der Waals surface area contributed by atoms with Gasteiger partial charge in [0.2, 0.25) is 5.95 Å². The molecule has 0 saturated heterocycles. The molecule has 3 nitrogen and oxygen atoms in total. The summed E-state index contributed by atoms with van der Waals surface area (Å²) in [6, 6.07) is 0. The molecule has 9 heavy (non-hydrogen) atoms. The second-order valence-corrected chi connectivity index (χ2v) is 1.82. The van der Waals surface area contributed by atoms with Crippen molar-refractivity contribution in [1.29, 1.82) is 0 Å². The van der Waals surface area contributed by atoms with E-state index in [0.29, 0.717) is 0 Å². The fourth-order valence-corrected chi connectivity index (χ4v) is 0.378. The Hall–Kier alpha value is -0.770. The maximum atomic E-state index is 12.3. The SMILES string of the molecule is CNN/C(F)=C\N(C)C. The third kappa shape index (κ3) is 5.10. The lowest BCUT2D eigenvalue weighted by atomic mass is 10.8. The van der Waals surface area contributed by atoms with E-state index in [9.17, 15) is 4.39 Å². The topological polar surface area (TPSA) is 27.3 Å². The van der Waals surface area contributed by atoms with Crippen LogP contribution in [-0.4, -0.2) is 26.0 Å². The lowest BCUT2D eigenvalue weighted by Gasteiger charge is -2.05. The first-order valence-corrected chi connectivity index (χ1v) is 2.63. The average Bonchev–Trinajstić information content (AvgIpc) is 1.63. The van der Waals surface area contributed by atoms with Gasteiger partial charge in [-0.25, -0.2) is 5.43 Å². The highest BCUT2D eigenvalue weighted by Gasteiger charge is 1.88. The molecule has 0 heterocycles. The number of nitrogens with one attached hydrogen (secondary N) is 2. The zero-order chi connectivity index (χ0) is 7.28. The van der Waals surface area contributed by atoms with Gasteiger partial charge in [-0.05, 0) is 0 Å². The summed E-state index contributed by atoms with van der Waals surface area (Å²) in [6.07, 6.45) is 1.33. The van der Waals surface area contributed by atoms with Gasteiger partial charge in [0.1, 0.15) is 0 Å². The Morgan fingerprint density at radius 1 is 1.56 bits per heavy atom. The van der Waals surface area contributed by atoms with Gasteiger partial charge in [0, 0.05) is 21.1 Å². The first kappa shape index (κ1) is 8.23. The third-order valence-corrected chi connectivity index (χ3v) is 0.616. The van der Waals surface area contributed by atoms with E-state index in [-0.39, 0.29) is 0 Å². The molecule has 0 fully saturated rings. The van der Waals surface area contributed by atoms with Crippen LogP contribution in [0.3, 0.4) is 0 Å². The molecule has 0 aliphatic carbocycles. The monoisotopic (exact) mass is 133 g/mol. The van der Waals surface area contributed by atoms with Crippen molar-refractivity contribution in [3.63, 3.8) is 0 Å². The molecule has 0 spiro atoms. The first-order chi connectivity index (χ1) is 4.16. The minimum Gasteiger partial charge on any atom is -0.380 e. The molecule has 0 saturated carbocycles. The van der Waals surface area contributed by atoms with E-state index in [4.69, 9.17) is 0 Å². The Bertz CT molecular complexity index is 100. The van der Waals surface area contributed by atoms with Crippen molar-refractivity contribution < 1.29 is 4.39 Å². The van der Waals surface area contributed by atoms with Crippen molar-refractivity contribution in [3.8, 4) is 0 Å². The lowest BCUT2D eigenvalue weighted by Crippen LogP contribution is -2.25. The summed E-state index contributed by atoms with van der Waals surface area (Å²) in [5.41, 5.74) is 4.73. The summed E-state index contributed by atoms with van der Waals surface area (Å²) in [5, 5.41) is 0. The van der Waals surface area contributed by atoms with E-state index in [1.807, 2.05) is 0 Å². The fourth-order valence-electron chi connectivity index (χ4n) is 0.378. The highest BCUT2D eigenvalue weighted by Crippen LogP contribution is 1.88. The number of hydrazine groups is 1. The number of nitrogens with zero attached hydrogens (tertiary/aromatic N) is 1. The van der Waals surface area contributed by atoms with Gasteiger partial charge in [-0.2, -0.15) is 4.39 Å². The first-order valence-electron chi connectivity index (χ1n) is 2.63. The van der Waals surface area contributed by atoms with Crippen molar-refractivity contribution in [2.24, 2.45) is 0 Å². The average molecular weight is 133 g/mol. The standard InChI is InChI=1S/C5H12FN3/c1-7-8-5(6)4-9(2)3/h4,7-8H,1-3H3/b5-4-. The molecule has 0 aliphatic rings. The molecule has 0 rings (SSSR count). The van der Waals surface area contributed by atoms with Gasteiger partial charge in [0.05, 0.1) is 6.20 Å². The minimum absolute atomic E-state index is 0.400. The van der Waals surface area contributed by atoms with Crippen LogP contribution in [0.25, 0.3) is 0 Å². The van der Waals surface area contributed by atoms with E-state index < -0.39 is 5.95 Å². The molecule has 2 N–H and O–H groups in total. The molecule has 0 aromatic rings. The molecule has 0 aromatic heterocycles. The van der Waals surface area contributed by atoms with Gasteiger partial charge in [0.25, 0.3) is 0 Å². The zero-order valence-electron chi connectivity index (χ0n) is 5.90. The van der Waals surface area contributed by atoms with Crippen molar-refractivity contribution in [2.45, 2.75) is 0 Å². The van der Waals surface area contributed by atoms with E-state index in [2.05, 4.69) is 10.9 Å². The van der Waals surface area contributed by atoms with Gasteiger partial charge >= 0.3 is 0 Å². The van der Waals surface area contributed by atoms with Crippen LogP contribution < -0.4 is 10.9 Å². The molecule has 0 aliphatic heterocycles. The molecule has 0 bridgehead atoms. The number of hydrogen-bond donors (Lipinski definition) is 2. The predicted molar refractivity (Wildman–Crippen MR) is 35.1 cm³/mol. The smallest absolute Gasteiger partial charge is 0.217 e. The summed E-state index contributed by atoms with van der Waals surface area (Å²) in [6.45, 7) is 0. The molecule has 0 aromatic carbocycles. The van der Waals surface area contributed by atoms with Crippen LogP contribution in [0.5, 0.6) is 0 Å². The molecule has 54 valence electrons. The second kappa shape index (κ2) is 4.14. The Morgan fingerprint density at radius 2 is 2.11 bits per heavy atom. The third-order valence-electron chi connectivity index (χ3n) is 0.616. The normalized spacial score (nSPS) is 11.3. The molecule has 0 radical (unpaired) electrons. The lowest BCUT2D eigenvalue weighted by molar-refractivity contribution is 0.457. The quantitative estimate of drug-likeness (QED) is 0.420. The molecular weight excluding hydrogens is 121 g/mol. The van der Waals surface area contributed by atoms with Gasteiger partial charge in [0.15, 0.2) is 0 Å². The van der Waals surface area contributed by atoms with Crippen LogP contribution in [-0.2, 0) is 0 Å². The van der Waals surface area contributed by atoms with Crippen molar-refractivity contribution in [2.75, 3.05) is 21.1 Å². The fraction of sp³-hybridized carbons (Fsp3) is 0.600. The Kier molecular flexibility index (Phi) is 3.79. The highest BCUT2D eigenvalue weighted by molar-refractivity contribution is 4.84. The van der Waals surface area contributed by atoms with E-state index in [1.165, 1.54) is 6.20 Å². The molecular formula is C5H12FN3. The molecule has 4 heteroatoms. The highest BCUT2D eigenvalue weighted by atomic mass is 19.1. The van der Waals surface area contributed by atoms with Crippen molar-refractivity contribution in [1.82, 2.24) is 15.8 Å². The largest absolute Gasteiger partial charge is 0.380 e. The Labute approximate surface area is 54.5 Å². The Morgan fingerprint density at radius 3 is 2.44 bits per heavy atom. The predicted octanol–water partition coefficient (Wildman–Crippen LogP) is 0.0404. The summed E-state index contributed by atoms with van der Waals surface area (Å²) in [5.74, 6) is -0.400. The van der Waals surface area contributed by atoms with E-state index >= 15 is 0 Å². The summed E-state index contributed by atoms with van der Waals surface area (Å²) < 4.78 is 12.3. The molecule has 0 unspecified atom stereocenters. The van der Waals surface area contributed by atoms with Crippen LogP contribution in [0, 0.1) is 0 Å². The molecule has 0 amide bonds. The summed E-state index contributed by atoms with van der Waals surface area (Å²) in [4.78, 5) is 1.61. The second-order valence-electron chi connectivity index (χ2n) is 1.82. The van der Waals surface area contributed by atoms with Crippen LogP contribution in [0.2, 0.25) is 0 Å². The Balaban J connectivity index is 3.55. The zero-order valence-corrected chi connectivity index (χ0v) is 5.90. The van der Waals surface area contributed by atoms with Gasteiger partial charge in [-0.1, -0.05) is 0 Å². The van der Waals surface area contributed by atoms with Crippen LogP contribution in [0.4, 0.5) is 4.39 Å². The van der Waals surface area contributed by atoms with Gasteiger partial charge in [-0.15, -0.1) is 0 Å². The number of hydrogen-bond acceptors (Lipinski definition) is 3. The van der Waals surface area contributed by atoms with Gasteiger partial charge < -0.3 is 4.90 Å². The van der Waals surface area contributed by atoms with Crippen LogP contribution in [0.15, 0.2) is 12.2 Å².